The lowest BCUT2D eigenvalue weighted by atomic mass is 10.1. The number of amides is 1. The van der Waals surface area contributed by atoms with Gasteiger partial charge in [-0.25, -0.2) is 4.79 Å². The molecule has 0 radical (unpaired) electrons. The summed E-state index contributed by atoms with van der Waals surface area (Å²) in [5.74, 6) is -2.21. The second-order valence-corrected chi connectivity index (χ2v) is 4.43. The molecule has 0 aliphatic carbocycles. The van der Waals surface area contributed by atoms with Gasteiger partial charge in [0.2, 0.25) is 0 Å². The molecule has 0 aromatic heterocycles. The highest BCUT2D eigenvalue weighted by molar-refractivity contribution is 6.31. The molecule has 0 aromatic rings. The van der Waals surface area contributed by atoms with Crippen LogP contribution in [0, 0.1) is 0 Å². The van der Waals surface area contributed by atoms with Crippen molar-refractivity contribution in [3.05, 3.63) is 0 Å². The average molecular weight is 228 g/mol. The van der Waals surface area contributed by atoms with Gasteiger partial charge in [0.05, 0.1) is 0 Å². The van der Waals surface area contributed by atoms with Gasteiger partial charge in [-0.2, -0.15) is 0 Å². The summed E-state index contributed by atoms with van der Waals surface area (Å²) in [7, 11) is 1.55. The van der Waals surface area contributed by atoms with E-state index in [0.29, 0.717) is 0 Å². The lowest BCUT2D eigenvalue weighted by Gasteiger charge is -2.32. The molecule has 0 bridgehead atoms. The Kier molecular flexibility index (Phi) is 4.73. The summed E-state index contributed by atoms with van der Waals surface area (Å²) in [6.07, 6.45) is 3.67. The summed E-state index contributed by atoms with van der Waals surface area (Å²) in [5, 5.41) is 8.60. The van der Waals surface area contributed by atoms with Gasteiger partial charge in [0.15, 0.2) is 0 Å². The zero-order valence-electron chi connectivity index (χ0n) is 9.98. The molecule has 1 aliphatic rings. The average Bonchev–Trinajstić information content (AvgIpc) is 2.28. The number of carbonyl (C=O) groups excluding carboxylic acids is 1. The second kappa shape index (κ2) is 5.84. The standard InChI is InChI=1S/C11H20N2O3/c1-9(12(2)10(14)11(15)16)8-13-6-4-3-5-7-13/h9H,3-8H2,1-2H3,(H,15,16)/t9-/m0/s1. The summed E-state index contributed by atoms with van der Waals surface area (Å²) < 4.78 is 0. The molecule has 1 N–H and O–H groups in total. The first kappa shape index (κ1) is 13.0. The zero-order valence-corrected chi connectivity index (χ0v) is 9.98. The number of aliphatic carboxylic acids is 1. The van der Waals surface area contributed by atoms with Gasteiger partial charge in [0.25, 0.3) is 0 Å². The summed E-state index contributed by atoms with van der Waals surface area (Å²) in [4.78, 5) is 25.4. The van der Waals surface area contributed by atoms with E-state index in [1.165, 1.54) is 24.2 Å². The van der Waals surface area contributed by atoms with E-state index < -0.39 is 11.9 Å². The van der Waals surface area contributed by atoms with E-state index in [-0.39, 0.29) is 6.04 Å². The van der Waals surface area contributed by atoms with Crippen LogP contribution in [0.4, 0.5) is 0 Å². The van der Waals surface area contributed by atoms with Crippen molar-refractivity contribution in [1.82, 2.24) is 9.80 Å². The molecule has 92 valence electrons. The van der Waals surface area contributed by atoms with Crippen molar-refractivity contribution in [2.45, 2.75) is 32.2 Å². The molecule has 16 heavy (non-hydrogen) atoms. The molecular formula is C11H20N2O3. The van der Waals surface area contributed by atoms with Gasteiger partial charge in [0.1, 0.15) is 0 Å². The number of carboxylic acids is 1. The topological polar surface area (TPSA) is 60.9 Å². The maximum atomic E-state index is 11.2. The summed E-state index contributed by atoms with van der Waals surface area (Å²) in [5.41, 5.74) is 0. The van der Waals surface area contributed by atoms with Gasteiger partial charge in [-0.05, 0) is 32.9 Å². The van der Waals surface area contributed by atoms with Crippen LogP contribution in [0.5, 0.6) is 0 Å². The predicted molar refractivity (Wildman–Crippen MR) is 60.2 cm³/mol. The second-order valence-electron chi connectivity index (χ2n) is 4.43. The minimum absolute atomic E-state index is 0.0540. The highest BCUT2D eigenvalue weighted by Gasteiger charge is 2.23. The molecule has 0 aromatic carbocycles. The van der Waals surface area contributed by atoms with Crippen molar-refractivity contribution in [3.8, 4) is 0 Å². The molecule has 1 fully saturated rings. The van der Waals surface area contributed by atoms with E-state index >= 15 is 0 Å². The highest BCUT2D eigenvalue weighted by atomic mass is 16.4. The molecule has 0 spiro atoms. The Morgan fingerprint density at radius 2 is 1.88 bits per heavy atom. The maximum absolute atomic E-state index is 11.2. The van der Waals surface area contributed by atoms with Crippen LogP contribution in [0.2, 0.25) is 0 Å². The number of hydrogen-bond acceptors (Lipinski definition) is 3. The first-order valence-electron chi connectivity index (χ1n) is 5.75. The van der Waals surface area contributed by atoms with Gasteiger partial charge in [-0.1, -0.05) is 6.42 Å². The Morgan fingerprint density at radius 3 is 2.38 bits per heavy atom. The molecule has 5 heteroatoms. The summed E-state index contributed by atoms with van der Waals surface area (Å²) in [6.45, 7) is 4.75. The number of likely N-dealkylation sites (tertiary alicyclic amines) is 1. The third kappa shape index (κ3) is 3.48. The summed E-state index contributed by atoms with van der Waals surface area (Å²) in [6, 6.07) is -0.0540. The molecule has 1 atom stereocenters. The number of likely N-dealkylation sites (N-methyl/N-ethyl adjacent to an activating group) is 1. The number of piperidine rings is 1. The van der Waals surface area contributed by atoms with E-state index in [0.717, 1.165) is 19.6 Å². The monoisotopic (exact) mass is 228 g/mol. The van der Waals surface area contributed by atoms with E-state index in [9.17, 15) is 9.59 Å². The molecule has 1 heterocycles. The number of rotatable bonds is 3. The Bertz CT molecular complexity index is 262. The fourth-order valence-corrected chi connectivity index (χ4v) is 1.99. The molecule has 1 saturated heterocycles. The Hall–Kier alpha value is -1.10. The van der Waals surface area contributed by atoms with Crippen LogP contribution in [-0.2, 0) is 9.59 Å². The quantitative estimate of drug-likeness (QED) is 0.710. The van der Waals surface area contributed by atoms with Crippen molar-refractivity contribution in [3.63, 3.8) is 0 Å². The van der Waals surface area contributed by atoms with Crippen LogP contribution < -0.4 is 0 Å². The molecule has 0 saturated carbocycles. The number of hydrogen-bond donors (Lipinski definition) is 1. The lowest BCUT2D eigenvalue weighted by Crippen LogP contribution is -2.46. The minimum Gasteiger partial charge on any atom is -0.474 e. The van der Waals surface area contributed by atoms with Gasteiger partial charge < -0.3 is 14.9 Å². The normalized spacial score (nSPS) is 19.1. The van der Waals surface area contributed by atoms with Crippen LogP contribution in [-0.4, -0.2) is 59.5 Å². The maximum Gasteiger partial charge on any atom is 0.394 e. The molecule has 5 nitrogen and oxygen atoms in total. The molecule has 0 unspecified atom stereocenters. The van der Waals surface area contributed by atoms with Crippen LogP contribution >= 0.6 is 0 Å². The van der Waals surface area contributed by atoms with E-state index in [1.54, 1.807) is 7.05 Å². The smallest absolute Gasteiger partial charge is 0.394 e. The van der Waals surface area contributed by atoms with Gasteiger partial charge in [-0.3, -0.25) is 4.79 Å². The summed E-state index contributed by atoms with van der Waals surface area (Å²) >= 11 is 0. The fourth-order valence-electron chi connectivity index (χ4n) is 1.99. The molecule has 1 aliphatic heterocycles. The molecule has 1 rings (SSSR count). The van der Waals surface area contributed by atoms with E-state index in [1.807, 2.05) is 6.92 Å². The van der Waals surface area contributed by atoms with Crippen molar-refractivity contribution in [2.75, 3.05) is 26.7 Å². The SMILES string of the molecule is C[C@@H](CN1CCCCC1)N(C)C(=O)C(=O)O. The number of carboxylic acid groups (broad SMARTS) is 1. The third-order valence-electron chi connectivity index (χ3n) is 3.14. The fraction of sp³-hybridized carbons (Fsp3) is 0.818. The predicted octanol–water partition coefficient (Wildman–Crippen LogP) is 0.404. The van der Waals surface area contributed by atoms with Crippen molar-refractivity contribution >= 4 is 11.9 Å². The first-order chi connectivity index (χ1) is 7.52. The van der Waals surface area contributed by atoms with E-state index in [2.05, 4.69) is 4.90 Å². The van der Waals surface area contributed by atoms with Gasteiger partial charge >= 0.3 is 11.9 Å². The Labute approximate surface area is 96.0 Å². The van der Waals surface area contributed by atoms with Crippen molar-refractivity contribution < 1.29 is 14.7 Å². The minimum atomic E-state index is -1.38. The van der Waals surface area contributed by atoms with Gasteiger partial charge in [-0.15, -0.1) is 0 Å². The Morgan fingerprint density at radius 1 is 1.31 bits per heavy atom. The van der Waals surface area contributed by atoms with Crippen LogP contribution in [0.3, 0.4) is 0 Å². The largest absolute Gasteiger partial charge is 0.474 e. The lowest BCUT2D eigenvalue weighted by molar-refractivity contribution is -0.156. The number of carbonyl (C=O) groups is 2. The molecular weight excluding hydrogens is 208 g/mol. The first-order valence-corrected chi connectivity index (χ1v) is 5.75. The van der Waals surface area contributed by atoms with Gasteiger partial charge in [0, 0.05) is 19.6 Å². The van der Waals surface area contributed by atoms with Crippen LogP contribution in [0.25, 0.3) is 0 Å². The van der Waals surface area contributed by atoms with Crippen LogP contribution in [0.1, 0.15) is 26.2 Å². The zero-order chi connectivity index (χ0) is 12.1. The molecule has 1 amide bonds. The van der Waals surface area contributed by atoms with Crippen LogP contribution in [0.15, 0.2) is 0 Å². The highest BCUT2D eigenvalue weighted by Crippen LogP contribution is 2.10. The number of nitrogens with zero attached hydrogens (tertiary/aromatic N) is 2. The van der Waals surface area contributed by atoms with Crippen molar-refractivity contribution in [1.29, 1.82) is 0 Å². The van der Waals surface area contributed by atoms with Crippen molar-refractivity contribution in [2.24, 2.45) is 0 Å². The third-order valence-corrected chi connectivity index (χ3v) is 3.14. The van der Waals surface area contributed by atoms with E-state index in [4.69, 9.17) is 5.11 Å². The Balaban J connectivity index is 2.41.